The number of amides is 1. The van der Waals surface area contributed by atoms with E-state index in [1.165, 1.54) is 5.56 Å². The fraction of sp³-hybridized carbons (Fsp3) is 0.250. The van der Waals surface area contributed by atoms with Gasteiger partial charge in [-0.2, -0.15) is 5.26 Å². The average Bonchev–Trinajstić information content (AvgIpc) is 3.05. The van der Waals surface area contributed by atoms with E-state index in [1.807, 2.05) is 42.7 Å². The van der Waals surface area contributed by atoms with Crippen LogP contribution in [0.5, 0.6) is 0 Å². The van der Waals surface area contributed by atoms with Crippen molar-refractivity contribution < 1.29 is 9.21 Å². The van der Waals surface area contributed by atoms with E-state index >= 15 is 0 Å². The summed E-state index contributed by atoms with van der Waals surface area (Å²) in [4.78, 5) is 16.5. The molecule has 0 aliphatic carbocycles. The number of benzene rings is 2. The molecule has 6 heteroatoms. The van der Waals surface area contributed by atoms with Crippen molar-refractivity contribution in [2.45, 2.75) is 26.7 Å². The molecule has 0 aliphatic heterocycles. The van der Waals surface area contributed by atoms with Gasteiger partial charge in [-0.05, 0) is 60.0 Å². The van der Waals surface area contributed by atoms with Crippen LogP contribution in [-0.2, 0) is 4.79 Å². The Labute approximate surface area is 156 Å². The van der Waals surface area contributed by atoms with Gasteiger partial charge in [-0.3, -0.25) is 4.79 Å². The molecule has 26 heavy (non-hydrogen) atoms. The van der Waals surface area contributed by atoms with E-state index in [1.54, 1.807) is 0 Å². The van der Waals surface area contributed by atoms with Crippen LogP contribution in [0.4, 0.5) is 5.69 Å². The number of oxazole rings is 1. The summed E-state index contributed by atoms with van der Waals surface area (Å²) in [6, 6.07) is 11.7. The number of thioether (sulfide) groups is 1. The Kier molecular flexibility index (Phi) is 5.29. The molecule has 1 amide bonds. The lowest BCUT2D eigenvalue weighted by molar-refractivity contribution is -0.113. The highest BCUT2D eigenvalue weighted by Gasteiger charge is 2.12. The maximum atomic E-state index is 11.9. The fourth-order valence-electron chi connectivity index (χ4n) is 2.60. The summed E-state index contributed by atoms with van der Waals surface area (Å²) in [5.41, 5.74) is 5.19. The first kappa shape index (κ1) is 18.0. The van der Waals surface area contributed by atoms with Crippen molar-refractivity contribution in [3.63, 3.8) is 0 Å². The highest BCUT2D eigenvalue weighted by atomic mass is 32.2. The maximum Gasteiger partial charge on any atom is 0.235 e. The number of aromatic nitrogens is 1. The van der Waals surface area contributed by atoms with Crippen molar-refractivity contribution in [3.8, 4) is 16.9 Å². The number of aryl methyl sites for hydroxylation is 1. The highest BCUT2D eigenvalue weighted by molar-refractivity contribution is 8.04. The molecule has 0 saturated carbocycles. The van der Waals surface area contributed by atoms with E-state index in [0.29, 0.717) is 17.5 Å². The molecule has 0 radical (unpaired) electrons. The zero-order valence-corrected chi connectivity index (χ0v) is 15.7. The normalized spacial score (nSPS) is 10.9. The molecule has 0 bridgehead atoms. The molecular weight excluding hydrogens is 346 g/mol. The van der Waals surface area contributed by atoms with Crippen LogP contribution in [0.15, 0.2) is 40.8 Å². The number of fused-ring (bicyclic) bond motifs is 1. The molecule has 3 rings (SSSR count). The quantitative estimate of drug-likeness (QED) is 0.638. The van der Waals surface area contributed by atoms with Crippen molar-refractivity contribution in [2.24, 2.45) is 0 Å². The molecule has 0 spiro atoms. The Morgan fingerprint density at radius 2 is 2.12 bits per heavy atom. The Morgan fingerprint density at radius 3 is 2.85 bits per heavy atom. The summed E-state index contributed by atoms with van der Waals surface area (Å²) in [6.45, 7) is 6.20. The number of hydrogen-bond donors (Lipinski definition) is 1. The Morgan fingerprint density at radius 1 is 1.31 bits per heavy atom. The molecule has 132 valence electrons. The number of anilines is 1. The van der Waals surface area contributed by atoms with Crippen LogP contribution in [0.25, 0.3) is 22.6 Å². The monoisotopic (exact) mass is 365 g/mol. The largest absolute Gasteiger partial charge is 0.436 e. The van der Waals surface area contributed by atoms with E-state index in [2.05, 4.69) is 30.2 Å². The first-order valence-electron chi connectivity index (χ1n) is 8.30. The highest BCUT2D eigenvalue weighted by Crippen LogP contribution is 2.29. The molecule has 3 aromatic rings. The second-order valence-corrected chi connectivity index (χ2v) is 7.12. The molecular formula is C20H19N3O2S. The summed E-state index contributed by atoms with van der Waals surface area (Å²) >= 11 is 0.911. The summed E-state index contributed by atoms with van der Waals surface area (Å²) in [5.74, 6) is 0.826. The summed E-state index contributed by atoms with van der Waals surface area (Å²) in [7, 11) is 0. The van der Waals surface area contributed by atoms with Gasteiger partial charge < -0.3 is 9.73 Å². The predicted molar refractivity (Wildman–Crippen MR) is 105 cm³/mol. The minimum atomic E-state index is -0.212. The number of carbonyl (C=O) groups is 1. The van der Waals surface area contributed by atoms with Gasteiger partial charge >= 0.3 is 0 Å². The molecule has 1 N–H and O–H groups in total. The third kappa shape index (κ3) is 3.89. The number of nitrogens with zero attached hydrogens (tertiary/aromatic N) is 2. The molecule has 0 unspecified atom stereocenters. The average molecular weight is 365 g/mol. The fourth-order valence-corrected chi connectivity index (χ4v) is 2.87. The van der Waals surface area contributed by atoms with Crippen molar-refractivity contribution >= 4 is 34.5 Å². The number of nitriles is 1. The third-order valence-electron chi connectivity index (χ3n) is 4.10. The van der Waals surface area contributed by atoms with Crippen molar-refractivity contribution in [3.05, 3.63) is 47.5 Å². The Hall–Kier alpha value is -2.78. The van der Waals surface area contributed by atoms with Crippen LogP contribution in [0.1, 0.15) is 30.9 Å². The number of hydrogen-bond acceptors (Lipinski definition) is 5. The first-order chi connectivity index (χ1) is 12.5. The minimum Gasteiger partial charge on any atom is -0.436 e. The lowest BCUT2D eigenvalue weighted by atomic mass is 10.0. The number of nitrogens with one attached hydrogen (secondary N) is 1. The third-order valence-corrected chi connectivity index (χ3v) is 4.64. The van der Waals surface area contributed by atoms with E-state index < -0.39 is 0 Å². The van der Waals surface area contributed by atoms with Crippen LogP contribution in [-0.4, -0.2) is 16.6 Å². The second kappa shape index (κ2) is 7.63. The molecule has 5 nitrogen and oxygen atoms in total. The lowest BCUT2D eigenvalue weighted by Gasteiger charge is -2.08. The van der Waals surface area contributed by atoms with Crippen molar-refractivity contribution in [1.29, 1.82) is 5.26 Å². The van der Waals surface area contributed by atoms with Gasteiger partial charge in [0, 0.05) is 11.3 Å². The molecule has 2 aromatic carbocycles. The number of rotatable bonds is 5. The van der Waals surface area contributed by atoms with Crippen molar-refractivity contribution in [2.75, 3.05) is 11.1 Å². The molecule has 0 fully saturated rings. The first-order valence-corrected chi connectivity index (χ1v) is 9.28. The zero-order valence-electron chi connectivity index (χ0n) is 14.9. The summed E-state index contributed by atoms with van der Waals surface area (Å²) in [6.07, 6.45) is 0. The van der Waals surface area contributed by atoms with Crippen LogP contribution < -0.4 is 5.32 Å². The Bertz CT molecular complexity index is 1000. The van der Waals surface area contributed by atoms with Gasteiger partial charge in [0.1, 0.15) is 10.9 Å². The topological polar surface area (TPSA) is 78.9 Å². The van der Waals surface area contributed by atoms with E-state index in [-0.39, 0.29) is 11.7 Å². The summed E-state index contributed by atoms with van der Waals surface area (Å²) in [5, 5.41) is 13.3. The van der Waals surface area contributed by atoms with E-state index in [4.69, 9.17) is 9.68 Å². The standard InChI is InChI=1S/C20H19N3O2S/c1-12(2)14-6-7-18-17(8-14)23-20(25-18)15-5-4-13(3)16(9-15)22-19(24)10-26-11-21/h4-9,12H,10H2,1-3H3,(H,22,24). The van der Waals surface area contributed by atoms with Gasteiger partial charge in [-0.25, -0.2) is 4.98 Å². The van der Waals surface area contributed by atoms with Crippen LogP contribution in [0.2, 0.25) is 0 Å². The Balaban J connectivity index is 1.92. The second-order valence-electron chi connectivity index (χ2n) is 6.36. The van der Waals surface area contributed by atoms with Crippen LogP contribution in [0, 0.1) is 17.6 Å². The smallest absolute Gasteiger partial charge is 0.235 e. The van der Waals surface area contributed by atoms with Crippen molar-refractivity contribution in [1.82, 2.24) is 4.98 Å². The van der Waals surface area contributed by atoms with Gasteiger partial charge in [0.25, 0.3) is 0 Å². The van der Waals surface area contributed by atoms with Crippen LogP contribution >= 0.6 is 11.8 Å². The van der Waals surface area contributed by atoms with Gasteiger partial charge in [0.05, 0.1) is 5.75 Å². The molecule has 1 heterocycles. The van der Waals surface area contributed by atoms with Gasteiger partial charge in [0.2, 0.25) is 11.8 Å². The van der Waals surface area contributed by atoms with Gasteiger partial charge in [0.15, 0.2) is 5.58 Å². The maximum absolute atomic E-state index is 11.9. The van der Waals surface area contributed by atoms with Gasteiger partial charge in [-0.15, -0.1) is 0 Å². The predicted octanol–water partition coefficient (Wildman–Crippen LogP) is 5.08. The molecule has 0 aliphatic rings. The number of carbonyl (C=O) groups excluding carboxylic acids is 1. The minimum absolute atomic E-state index is 0.0982. The number of thiocyanates is 1. The molecule has 0 saturated heterocycles. The molecule has 1 aromatic heterocycles. The molecule has 0 atom stereocenters. The van der Waals surface area contributed by atoms with Gasteiger partial charge in [-0.1, -0.05) is 26.0 Å². The zero-order chi connectivity index (χ0) is 18.7. The SMILES string of the molecule is Cc1ccc(-c2nc3cc(C(C)C)ccc3o2)cc1NC(=O)CSC#N. The van der Waals surface area contributed by atoms with E-state index in [0.717, 1.165) is 34.0 Å². The summed E-state index contributed by atoms with van der Waals surface area (Å²) < 4.78 is 5.88. The van der Waals surface area contributed by atoms with Crippen LogP contribution in [0.3, 0.4) is 0 Å². The lowest BCUT2D eigenvalue weighted by Crippen LogP contribution is -2.14. The van der Waals surface area contributed by atoms with E-state index in [9.17, 15) is 4.79 Å².